The number of urea groups is 1. The molecule has 1 fully saturated rings. The summed E-state index contributed by atoms with van der Waals surface area (Å²) in [5.41, 5.74) is 1.71. The van der Waals surface area contributed by atoms with Gasteiger partial charge in [-0.2, -0.15) is 0 Å². The summed E-state index contributed by atoms with van der Waals surface area (Å²) in [6, 6.07) is 2.58. The van der Waals surface area contributed by atoms with Gasteiger partial charge >= 0.3 is 17.8 Å². The molecule has 0 aliphatic carbocycles. The van der Waals surface area contributed by atoms with Crippen molar-refractivity contribution in [3.63, 3.8) is 0 Å². The molecule has 9 heteroatoms. The Morgan fingerprint density at radius 3 is 2.32 bits per heavy atom. The number of likely N-dealkylation sites (N-methyl/N-ethyl adjacent to an activating group) is 1. The molecule has 0 unspecified atom stereocenters. The van der Waals surface area contributed by atoms with Crippen molar-refractivity contribution in [2.75, 3.05) is 13.6 Å². The second-order valence-electron chi connectivity index (χ2n) is 5.88. The lowest BCUT2D eigenvalue weighted by Gasteiger charge is -2.12. The average Bonchev–Trinajstić information content (AvgIpc) is 3.16. The van der Waals surface area contributed by atoms with Crippen LogP contribution >= 0.6 is 0 Å². The molecule has 1 saturated heterocycles. The van der Waals surface area contributed by atoms with E-state index >= 15 is 0 Å². The number of hydrogen-bond donors (Lipinski definition) is 0. The minimum absolute atomic E-state index is 0.348. The summed E-state index contributed by atoms with van der Waals surface area (Å²) in [5.74, 6) is -1.22. The first-order chi connectivity index (χ1) is 11.7. The van der Waals surface area contributed by atoms with Crippen LogP contribution in [0, 0.1) is 20.8 Å². The number of aryl methyl sites for hydroxylation is 2. The molecule has 0 radical (unpaired) electrons. The van der Waals surface area contributed by atoms with Gasteiger partial charge in [0.2, 0.25) is 0 Å². The first-order valence-corrected chi connectivity index (χ1v) is 7.51. The second kappa shape index (κ2) is 5.69. The van der Waals surface area contributed by atoms with E-state index in [2.05, 4.69) is 5.16 Å². The van der Waals surface area contributed by atoms with Crippen LogP contribution in [-0.4, -0.2) is 56.7 Å². The van der Waals surface area contributed by atoms with Crippen molar-refractivity contribution in [3.8, 4) is 5.82 Å². The predicted molar refractivity (Wildman–Crippen MR) is 84.3 cm³/mol. The minimum atomic E-state index is -0.998. The Morgan fingerprint density at radius 2 is 1.80 bits per heavy atom. The molecule has 0 saturated carbocycles. The molecule has 9 nitrogen and oxygen atoms in total. The number of hydrogen-bond acceptors (Lipinski definition) is 6. The summed E-state index contributed by atoms with van der Waals surface area (Å²) in [5, 5.41) is 3.93. The van der Waals surface area contributed by atoms with Gasteiger partial charge in [-0.3, -0.25) is 23.9 Å². The average molecular weight is 344 g/mol. The Labute approximate surface area is 142 Å². The molecule has 2 aromatic rings. The summed E-state index contributed by atoms with van der Waals surface area (Å²) >= 11 is 0. The molecule has 0 bridgehead atoms. The first kappa shape index (κ1) is 16.6. The van der Waals surface area contributed by atoms with Gasteiger partial charge in [0, 0.05) is 30.1 Å². The van der Waals surface area contributed by atoms with E-state index < -0.39 is 30.2 Å². The Hall–Kier alpha value is -3.23. The van der Waals surface area contributed by atoms with Crippen molar-refractivity contribution in [2.45, 2.75) is 20.8 Å². The number of carbonyl (C=O) groups is 4. The molecule has 2 aromatic heterocycles. The monoisotopic (exact) mass is 344 g/mol. The lowest BCUT2D eigenvalue weighted by atomic mass is 10.1. The molecular formula is C16H16N4O5. The number of aromatic nitrogens is 2. The fourth-order valence-corrected chi connectivity index (χ4v) is 2.84. The highest BCUT2D eigenvalue weighted by Gasteiger charge is 2.43. The molecular weight excluding hydrogens is 328 g/mol. The molecule has 0 atom stereocenters. The van der Waals surface area contributed by atoms with E-state index in [-0.39, 0.29) is 0 Å². The third-order valence-corrected chi connectivity index (χ3v) is 4.13. The van der Waals surface area contributed by atoms with Crippen LogP contribution in [0.15, 0.2) is 16.7 Å². The molecule has 0 aromatic carbocycles. The Kier molecular flexibility index (Phi) is 3.78. The van der Waals surface area contributed by atoms with Gasteiger partial charge in [0.15, 0.2) is 11.6 Å². The Balaban J connectivity index is 1.90. The summed E-state index contributed by atoms with van der Waals surface area (Å²) < 4.78 is 6.81. The summed E-state index contributed by atoms with van der Waals surface area (Å²) in [6.45, 7) is 4.80. The van der Waals surface area contributed by atoms with E-state index in [0.29, 0.717) is 32.6 Å². The number of nitrogens with zero attached hydrogens (tertiary/aromatic N) is 4. The van der Waals surface area contributed by atoms with Crippen LogP contribution in [-0.2, 0) is 9.59 Å². The van der Waals surface area contributed by atoms with Gasteiger partial charge < -0.3 is 4.52 Å². The van der Waals surface area contributed by atoms with E-state index in [1.54, 1.807) is 37.5 Å². The molecule has 3 rings (SSSR count). The number of rotatable bonds is 4. The fourth-order valence-electron chi connectivity index (χ4n) is 2.84. The highest BCUT2D eigenvalue weighted by atomic mass is 16.5. The van der Waals surface area contributed by atoms with Crippen molar-refractivity contribution >= 4 is 23.6 Å². The zero-order valence-corrected chi connectivity index (χ0v) is 14.2. The van der Waals surface area contributed by atoms with E-state index in [9.17, 15) is 19.2 Å². The number of imide groups is 2. The lowest BCUT2D eigenvalue weighted by Crippen LogP contribution is -2.36. The summed E-state index contributed by atoms with van der Waals surface area (Å²) in [6.07, 6.45) is 0. The van der Waals surface area contributed by atoms with Crippen LogP contribution in [0.4, 0.5) is 4.79 Å². The molecule has 4 amide bonds. The molecule has 3 heterocycles. The van der Waals surface area contributed by atoms with Crippen molar-refractivity contribution in [1.82, 2.24) is 19.5 Å². The third-order valence-electron chi connectivity index (χ3n) is 4.13. The fraction of sp³-hybridized carbons (Fsp3) is 0.312. The maximum Gasteiger partial charge on any atom is 0.334 e. The number of amides is 4. The normalized spacial score (nSPS) is 14.8. The molecule has 1 aliphatic heterocycles. The number of carbonyl (C=O) groups excluding carboxylic acids is 4. The molecule has 25 heavy (non-hydrogen) atoms. The third kappa shape index (κ3) is 2.53. The minimum Gasteiger partial charge on any atom is -0.360 e. The van der Waals surface area contributed by atoms with Crippen LogP contribution in [0.2, 0.25) is 0 Å². The van der Waals surface area contributed by atoms with E-state index in [4.69, 9.17) is 4.52 Å². The largest absolute Gasteiger partial charge is 0.360 e. The van der Waals surface area contributed by atoms with Crippen LogP contribution in [0.25, 0.3) is 5.82 Å². The smallest absolute Gasteiger partial charge is 0.334 e. The van der Waals surface area contributed by atoms with Gasteiger partial charge in [-0.25, -0.2) is 9.69 Å². The Morgan fingerprint density at radius 1 is 1.12 bits per heavy atom. The van der Waals surface area contributed by atoms with Crippen molar-refractivity contribution in [1.29, 1.82) is 0 Å². The lowest BCUT2D eigenvalue weighted by molar-refractivity contribution is -0.142. The highest BCUT2D eigenvalue weighted by Crippen LogP contribution is 2.22. The van der Waals surface area contributed by atoms with Gasteiger partial charge in [-0.05, 0) is 26.8 Å². The van der Waals surface area contributed by atoms with Crippen LogP contribution in [0.1, 0.15) is 27.5 Å². The Bertz CT molecular complexity index is 923. The quantitative estimate of drug-likeness (QED) is 0.465. The predicted octanol–water partition coefficient (Wildman–Crippen LogP) is 0.994. The summed E-state index contributed by atoms with van der Waals surface area (Å²) in [4.78, 5) is 49.2. The van der Waals surface area contributed by atoms with E-state index in [1.165, 1.54) is 7.05 Å². The van der Waals surface area contributed by atoms with E-state index in [1.807, 2.05) is 0 Å². The molecule has 0 spiro atoms. The zero-order chi connectivity index (χ0) is 18.5. The van der Waals surface area contributed by atoms with Crippen molar-refractivity contribution in [3.05, 3.63) is 34.8 Å². The number of Topliss-reactive ketones (excluding diaryl/α,β-unsaturated/α-hetero) is 1. The molecule has 130 valence electrons. The maximum absolute atomic E-state index is 12.6. The van der Waals surface area contributed by atoms with Gasteiger partial charge in [0.25, 0.3) is 0 Å². The van der Waals surface area contributed by atoms with Gasteiger partial charge in [0.05, 0.1) is 6.54 Å². The SMILES string of the molecule is Cc1cc(-n2c(C)cc(C(=O)CN3C(=O)C(=O)N(C)C3=O)c2C)no1. The number of ketones is 1. The highest BCUT2D eigenvalue weighted by molar-refractivity contribution is 6.45. The summed E-state index contributed by atoms with van der Waals surface area (Å²) in [7, 11) is 1.20. The zero-order valence-electron chi connectivity index (χ0n) is 14.2. The van der Waals surface area contributed by atoms with E-state index in [0.717, 1.165) is 5.69 Å². The maximum atomic E-state index is 12.6. The standard InChI is InChI=1S/C16H16N4O5/c1-8-5-11(10(3)20(8)13-6-9(2)25-17-13)12(21)7-19-15(23)14(22)18(4)16(19)24/h5-6H,7H2,1-4H3. The molecule has 0 N–H and O–H groups in total. The van der Waals surface area contributed by atoms with Crippen LogP contribution < -0.4 is 0 Å². The van der Waals surface area contributed by atoms with Gasteiger partial charge in [0.1, 0.15) is 5.76 Å². The van der Waals surface area contributed by atoms with Crippen molar-refractivity contribution < 1.29 is 23.7 Å². The second-order valence-corrected chi connectivity index (χ2v) is 5.88. The van der Waals surface area contributed by atoms with Gasteiger partial charge in [-0.15, -0.1) is 0 Å². The van der Waals surface area contributed by atoms with Crippen LogP contribution in [0.5, 0.6) is 0 Å². The van der Waals surface area contributed by atoms with Crippen molar-refractivity contribution in [2.24, 2.45) is 0 Å². The van der Waals surface area contributed by atoms with Gasteiger partial charge in [-0.1, -0.05) is 5.16 Å². The molecule has 1 aliphatic rings. The first-order valence-electron chi connectivity index (χ1n) is 7.51. The topological polar surface area (TPSA) is 106 Å². The van der Waals surface area contributed by atoms with Crippen LogP contribution in [0.3, 0.4) is 0 Å².